The van der Waals surface area contributed by atoms with E-state index >= 15 is 0 Å². The molecule has 3 aromatic rings. The van der Waals surface area contributed by atoms with Crippen molar-refractivity contribution < 1.29 is 14.5 Å². The van der Waals surface area contributed by atoms with Crippen LogP contribution in [0, 0.1) is 10.1 Å². The van der Waals surface area contributed by atoms with Crippen molar-refractivity contribution in [3.05, 3.63) is 68.7 Å². The van der Waals surface area contributed by atoms with Crippen molar-refractivity contribution in [1.82, 2.24) is 10.2 Å². The lowest BCUT2D eigenvalue weighted by atomic mass is 10.0. The maximum atomic E-state index is 12.7. The van der Waals surface area contributed by atoms with E-state index in [-0.39, 0.29) is 33.1 Å². The van der Waals surface area contributed by atoms with Gasteiger partial charge >= 0.3 is 0 Å². The molecule has 1 N–H and O–H groups in total. The van der Waals surface area contributed by atoms with Crippen LogP contribution in [0.2, 0.25) is 5.02 Å². The second-order valence-corrected chi connectivity index (χ2v) is 9.42. The van der Waals surface area contributed by atoms with E-state index in [4.69, 9.17) is 11.6 Å². The molecule has 164 valence electrons. The minimum atomic E-state index is -0.656. The van der Waals surface area contributed by atoms with Crippen molar-refractivity contribution in [2.45, 2.75) is 17.2 Å². The monoisotopic (exact) mass is 489 g/mol. The number of benzene rings is 2. The average molecular weight is 490 g/mol. The van der Waals surface area contributed by atoms with E-state index in [0.717, 1.165) is 35.9 Å². The number of amides is 2. The minimum Gasteiger partial charge on any atom is -0.311 e. The molecule has 0 unspecified atom stereocenters. The van der Waals surface area contributed by atoms with Gasteiger partial charge in [0.05, 0.1) is 10.7 Å². The number of halogens is 1. The van der Waals surface area contributed by atoms with Crippen molar-refractivity contribution in [3.63, 3.8) is 0 Å². The van der Waals surface area contributed by atoms with E-state index in [9.17, 15) is 19.7 Å². The number of anilines is 2. The second-order valence-electron chi connectivity index (χ2n) is 6.82. The Labute approximate surface area is 195 Å². The number of aromatic nitrogens is 2. The Morgan fingerprint density at radius 2 is 2.06 bits per heavy atom. The van der Waals surface area contributed by atoms with Gasteiger partial charge in [-0.15, -0.1) is 10.2 Å². The molecule has 0 fully saturated rings. The number of fused-ring (bicyclic) bond motifs is 1. The van der Waals surface area contributed by atoms with Crippen LogP contribution < -0.4 is 10.2 Å². The minimum absolute atomic E-state index is 0.0172. The van der Waals surface area contributed by atoms with Gasteiger partial charge in [-0.3, -0.25) is 25.0 Å². The molecular formula is C20H16ClN5O4S2. The van der Waals surface area contributed by atoms with Gasteiger partial charge in [0.1, 0.15) is 5.02 Å². The van der Waals surface area contributed by atoms with E-state index in [1.165, 1.54) is 29.5 Å². The number of nitrogens with one attached hydrogen (secondary N) is 1. The maximum Gasteiger partial charge on any atom is 0.288 e. The van der Waals surface area contributed by atoms with Gasteiger partial charge in [0, 0.05) is 23.9 Å². The molecule has 0 saturated carbocycles. The van der Waals surface area contributed by atoms with Gasteiger partial charge in [0.15, 0.2) is 4.34 Å². The van der Waals surface area contributed by atoms with Gasteiger partial charge in [-0.05, 0) is 36.6 Å². The fourth-order valence-electron chi connectivity index (χ4n) is 3.28. The van der Waals surface area contributed by atoms with E-state index in [1.54, 1.807) is 4.90 Å². The van der Waals surface area contributed by atoms with Crippen molar-refractivity contribution in [3.8, 4) is 0 Å². The van der Waals surface area contributed by atoms with Gasteiger partial charge in [-0.25, -0.2) is 0 Å². The fraction of sp³-hybridized carbons (Fsp3) is 0.200. The number of thioether (sulfide) groups is 1. The summed E-state index contributed by atoms with van der Waals surface area (Å²) in [7, 11) is 0. The first-order valence-corrected chi connectivity index (χ1v) is 11.7. The third-order valence-electron chi connectivity index (χ3n) is 4.76. The molecule has 1 aliphatic heterocycles. The van der Waals surface area contributed by atoms with Gasteiger partial charge in [0.2, 0.25) is 11.0 Å². The number of carbonyl (C=O) groups excluding carboxylic acids is 2. The van der Waals surface area contributed by atoms with Gasteiger partial charge in [0.25, 0.3) is 11.6 Å². The maximum absolute atomic E-state index is 12.7. The summed E-state index contributed by atoms with van der Waals surface area (Å²) in [5.41, 5.74) is 1.84. The number of nitro benzene ring substituents is 1. The summed E-state index contributed by atoms with van der Waals surface area (Å²) in [5, 5.41) is 21.7. The van der Waals surface area contributed by atoms with Gasteiger partial charge in [-0.1, -0.05) is 52.9 Å². The zero-order chi connectivity index (χ0) is 22.7. The van der Waals surface area contributed by atoms with Gasteiger partial charge in [-0.2, -0.15) is 0 Å². The molecule has 2 amide bonds. The molecule has 0 bridgehead atoms. The standard InChI is InChI=1S/C20H16ClN5O4S2/c21-14-8-7-13(10-16(14)26(29)30)18(28)22-19-23-24-20(32-19)31-11-17(27)25-9-3-5-12-4-1-2-6-15(12)25/h1-2,4,6-8,10H,3,5,9,11H2,(H,22,23,28). The molecule has 9 nitrogen and oxygen atoms in total. The first kappa shape index (κ1) is 22.2. The lowest BCUT2D eigenvalue weighted by Crippen LogP contribution is -2.36. The summed E-state index contributed by atoms with van der Waals surface area (Å²) >= 11 is 8.14. The molecule has 4 rings (SSSR count). The third kappa shape index (κ3) is 4.90. The van der Waals surface area contributed by atoms with Crippen molar-refractivity contribution in [1.29, 1.82) is 0 Å². The number of aryl methyl sites for hydroxylation is 1. The van der Waals surface area contributed by atoms with E-state index in [2.05, 4.69) is 15.5 Å². The second kappa shape index (κ2) is 9.63. The molecule has 32 heavy (non-hydrogen) atoms. The number of rotatable bonds is 6. The lowest BCUT2D eigenvalue weighted by Gasteiger charge is -2.29. The van der Waals surface area contributed by atoms with Crippen LogP contribution in [0.4, 0.5) is 16.5 Å². The molecule has 0 atom stereocenters. The largest absolute Gasteiger partial charge is 0.311 e. The van der Waals surface area contributed by atoms with Crippen LogP contribution in [0.1, 0.15) is 22.3 Å². The van der Waals surface area contributed by atoms with Crippen LogP contribution in [0.3, 0.4) is 0 Å². The zero-order valence-corrected chi connectivity index (χ0v) is 18.9. The van der Waals surface area contributed by atoms with Crippen molar-refractivity contribution >= 4 is 63.0 Å². The van der Waals surface area contributed by atoms with Crippen LogP contribution in [0.25, 0.3) is 0 Å². The van der Waals surface area contributed by atoms with Crippen molar-refractivity contribution in [2.75, 3.05) is 22.5 Å². The fourth-order valence-corrected chi connectivity index (χ4v) is 5.09. The molecule has 1 aliphatic rings. The first-order valence-electron chi connectivity index (χ1n) is 9.52. The normalized spacial score (nSPS) is 12.8. The average Bonchev–Trinajstić information content (AvgIpc) is 3.24. The Hall–Kier alpha value is -3.02. The molecule has 2 aromatic carbocycles. The smallest absolute Gasteiger partial charge is 0.288 e. The molecular weight excluding hydrogens is 474 g/mol. The number of hydrogen-bond acceptors (Lipinski definition) is 8. The molecule has 2 heterocycles. The Bertz CT molecular complexity index is 1200. The Balaban J connectivity index is 1.37. The predicted molar refractivity (Wildman–Crippen MR) is 124 cm³/mol. The number of nitro groups is 1. The SMILES string of the molecule is O=C(Nc1nnc(SCC(=O)N2CCCc3ccccc32)s1)c1ccc(Cl)c([N+](=O)[O-])c1. The third-order valence-corrected chi connectivity index (χ3v) is 7.04. The quantitative estimate of drug-likeness (QED) is 0.235. The van der Waals surface area contributed by atoms with Gasteiger partial charge < -0.3 is 4.90 Å². The highest BCUT2D eigenvalue weighted by Crippen LogP contribution is 2.30. The van der Waals surface area contributed by atoms with Crippen LogP contribution >= 0.6 is 34.7 Å². The molecule has 0 spiro atoms. The lowest BCUT2D eigenvalue weighted by molar-refractivity contribution is -0.384. The van der Waals surface area contributed by atoms with E-state index < -0.39 is 10.8 Å². The van der Waals surface area contributed by atoms with Crippen molar-refractivity contribution in [2.24, 2.45) is 0 Å². The Kier molecular flexibility index (Phi) is 6.68. The number of nitrogens with zero attached hydrogens (tertiary/aromatic N) is 4. The Morgan fingerprint density at radius 1 is 1.25 bits per heavy atom. The Morgan fingerprint density at radius 3 is 2.88 bits per heavy atom. The van der Waals surface area contributed by atoms with Crippen LogP contribution in [0.15, 0.2) is 46.8 Å². The summed E-state index contributed by atoms with van der Waals surface area (Å²) in [5.74, 6) is -0.393. The molecule has 0 radical (unpaired) electrons. The molecule has 1 aromatic heterocycles. The number of carbonyl (C=O) groups is 2. The summed E-state index contributed by atoms with van der Waals surface area (Å²) in [6.07, 6.45) is 1.88. The predicted octanol–water partition coefficient (Wildman–Crippen LogP) is 4.42. The van der Waals surface area contributed by atoms with Crippen LogP contribution in [-0.2, 0) is 11.2 Å². The zero-order valence-electron chi connectivity index (χ0n) is 16.5. The van der Waals surface area contributed by atoms with Crippen LogP contribution in [0.5, 0.6) is 0 Å². The summed E-state index contributed by atoms with van der Waals surface area (Å²) in [6.45, 7) is 0.682. The molecule has 0 aliphatic carbocycles. The van der Waals surface area contributed by atoms with E-state index in [1.807, 2.05) is 24.3 Å². The summed E-state index contributed by atoms with van der Waals surface area (Å²) < 4.78 is 0.529. The van der Waals surface area contributed by atoms with Crippen LogP contribution in [-0.4, -0.2) is 39.2 Å². The molecule has 0 saturated heterocycles. The number of para-hydroxylation sites is 1. The number of hydrogen-bond donors (Lipinski definition) is 1. The molecule has 12 heteroatoms. The highest BCUT2D eigenvalue weighted by atomic mass is 35.5. The first-order chi connectivity index (χ1) is 15.4. The summed E-state index contributed by atoms with van der Waals surface area (Å²) in [6, 6.07) is 11.7. The van der Waals surface area contributed by atoms with E-state index in [0.29, 0.717) is 10.9 Å². The topological polar surface area (TPSA) is 118 Å². The summed E-state index contributed by atoms with van der Waals surface area (Å²) in [4.78, 5) is 37.3. The highest BCUT2D eigenvalue weighted by Gasteiger charge is 2.23. The highest BCUT2D eigenvalue weighted by molar-refractivity contribution is 8.01.